The number of ether oxygens (including phenoxy) is 3. The van der Waals surface area contributed by atoms with Crippen LogP contribution in [-0.4, -0.2) is 38.7 Å². The minimum Gasteiger partial charge on any atom is -0.444 e. The van der Waals surface area contributed by atoms with Gasteiger partial charge in [0.2, 0.25) is 0 Å². The lowest BCUT2D eigenvalue weighted by Crippen LogP contribution is -2.36. The molecule has 0 radical (unpaired) electrons. The highest BCUT2D eigenvalue weighted by Crippen LogP contribution is 2.15. The summed E-state index contributed by atoms with van der Waals surface area (Å²) in [5.74, 6) is 0.322. The first kappa shape index (κ1) is 18.2. The Kier molecular flexibility index (Phi) is 8.76. The average molecular weight is 275 g/mol. The maximum Gasteiger partial charge on any atom is 0.407 e. The van der Waals surface area contributed by atoms with E-state index >= 15 is 0 Å². The number of methoxy groups -OCH3 is 2. The van der Waals surface area contributed by atoms with Crippen molar-refractivity contribution in [1.82, 2.24) is 5.32 Å². The molecule has 0 fully saturated rings. The third-order valence-corrected chi connectivity index (χ3v) is 2.68. The zero-order valence-corrected chi connectivity index (χ0v) is 13.1. The summed E-state index contributed by atoms with van der Waals surface area (Å²) < 4.78 is 15.6. The topological polar surface area (TPSA) is 56.8 Å². The van der Waals surface area contributed by atoms with Gasteiger partial charge in [-0.2, -0.15) is 0 Å². The van der Waals surface area contributed by atoms with Crippen molar-refractivity contribution in [3.05, 3.63) is 0 Å². The first-order valence-corrected chi connectivity index (χ1v) is 6.84. The molecule has 1 N–H and O–H groups in total. The molecule has 0 aliphatic carbocycles. The second-order valence-electron chi connectivity index (χ2n) is 5.67. The minimum atomic E-state index is -0.466. The lowest BCUT2D eigenvalue weighted by molar-refractivity contribution is -0.114. The van der Waals surface area contributed by atoms with Crippen LogP contribution >= 0.6 is 0 Å². The molecule has 5 nitrogen and oxygen atoms in total. The molecule has 0 saturated heterocycles. The van der Waals surface area contributed by atoms with Crippen molar-refractivity contribution >= 4 is 6.09 Å². The molecule has 0 aromatic heterocycles. The molecule has 0 aliphatic heterocycles. The summed E-state index contributed by atoms with van der Waals surface area (Å²) in [6.07, 6.45) is 2.23. The molecule has 0 aromatic carbocycles. The van der Waals surface area contributed by atoms with Crippen molar-refractivity contribution in [2.75, 3.05) is 20.8 Å². The van der Waals surface area contributed by atoms with Crippen LogP contribution in [0, 0.1) is 5.92 Å². The highest BCUT2D eigenvalue weighted by Gasteiger charge is 2.19. The maximum absolute atomic E-state index is 11.6. The molecular weight excluding hydrogens is 246 g/mol. The standard InChI is InChI=1S/C14H29NO4/c1-7-8-11(9-12(17-5)18-6)10-15-13(16)19-14(2,3)4/h11-12H,7-10H2,1-6H3,(H,15,16). The quantitative estimate of drug-likeness (QED) is 0.692. The number of alkyl carbamates (subject to hydrolysis) is 1. The predicted molar refractivity (Wildman–Crippen MR) is 75.1 cm³/mol. The normalized spacial score (nSPS) is 13.4. The SMILES string of the molecule is CCCC(CNC(=O)OC(C)(C)C)CC(OC)OC. The third-order valence-electron chi connectivity index (χ3n) is 2.68. The van der Waals surface area contributed by atoms with E-state index in [2.05, 4.69) is 12.2 Å². The van der Waals surface area contributed by atoms with E-state index in [1.807, 2.05) is 20.8 Å². The highest BCUT2D eigenvalue weighted by atomic mass is 16.7. The molecule has 0 rings (SSSR count). The van der Waals surface area contributed by atoms with Crippen molar-refractivity contribution in [2.24, 2.45) is 5.92 Å². The van der Waals surface area contributed by atoms with Gasteiger partial charge in [-0.05, 0) is 33.1 Å². The summed E-state index contributed by atoms with van der Waals surface area (Å²) in [6, 6.07) is 0. The molecule has 1 unspecified atom stereocenters. The number of carbonyl (C=O) groups excluding carboxylic acids is 1. The van der Waals surface area contributed by atoms with Crippen molar-refractivity contribution in [1.29, 1.82) is 0 Å². The molecule has 19 heavy (non-hydrogen) atoms. The van der Waals surface area contributed by atoms with Gasteiger partial charge in [0, 0.05) is 27.2 Å². The first-order chi connectivity index (χ1) is 8.82. The summed E-state index contributed by atoms with van der Waals surface area (Å²) in [4.78, 5) is 11.6. The monoisotopic (exact) mass is 275 g/mol. The fourth-order valence-electron chi connectivity index (χ4n) is 1.81. The van der Waals surface area contributed by atoms with Crippen LogP contribution in [-0.2, 0) is 14.2 Å². The molecule has 5 heteroatoms. The van der Waals surface area contributed by atoms with E-state index in [-0.39, 0.29) is 12.4 Å². The van der Waals surface area contributed by atoms with Gasteiger partial charge in [-0.3, -0.25) is 0 Å². The van der Waals surface area contributed by atoms with Crippen molar-refractivity contribution in [2.45, 2.75) is 58.8 Å². The van der Waals surface area contributed by atoms with Crippen LogP contribution in [0.1, 0.15) is 47.0 Å². The summed E-state index contributed by atoms with van der Waals surface area (Å²) in [5.41, 5.74) is -0.466. The van der Waals surface area contributed by atoms with Gasteiger partial charge in [-0.25, -0.2) is 4.79 Å². The van der Waals surface area contributed by atoms with E-state index in [1.165, 1.54) is 0 Å². The summed E-state index contributed by atoms with van der Waals surface area (Å²) in [7, 11) is 3.25. The number of amides is 1. The predicted octanol–water partition coefficient (Wildman–Crippen LogP) is 2.94. The van der Waals surface area contributed by atoms with Gasteiger partial charge < -0.3 is 19.5 Å². The minimum absolute atomic E-state index is 0.225. The smallest absolute Gasteiger partial charge is 0.407 e. The Morgan fingerprint density at radius 3 is 2.21 bits per heavy atom. The molecule has 0 saturated carbocycles. The second-order valence-corrected chi connectivity index (χ2v) is 5.67. The van der Waals surface area contributed by atoms with E-state index in [9.17, 15) is 4.79 Å². The molecule has 0 aliphatic rings. The van der Waals surface area contributed by atoms with Gasteiger partial charge in [0.1, 0.15) is 5.60 Å². The molecule has 1 amide bonds. The Morgan fingerprint density at radius 2 is 1.79 bits per heavy atom. The van der Waals surface area contributed by atoms with E-state index in [0.29, 0.717) is 12.5 Å². The average Bonchev–Trinajstić information content (AvgIpc) is 2.30. The van der Waals surface area contributed by atoms with Crippen molar-refractivity contribution in [3.8, 4) is 0 Å². The zero-order chi connectivity index (χ0) is 14.9. The van der Waals surface area contributed by atoms with Gasteiger partial charge in [0.25, 0.3) is 0 Å². The van der Waals surface area contributed by atoms with Gasteiger partial charge in [-0.15, -0.1) is 0 Å². The van der Waals surface area contributed by atoms with E-state index in [0.717, 1.165) is 19.3 Å². The Morgan fingerprint density at radius 1 is 1.21 bits per heavy atom. The van der Waals surface area contributed by atoms with E-state index in [4.69, 9.17) is 14.2 Å². The molecule has 114 valence electrons. The third kappa shape index (κ3) is 9.73. The number of rotatable bonds is 8. The van der Waals surface area contributed by atoms with Crippen LogP contribution in [0.2, 0.25) is 0 Å². The van der Waals surface area contributed by atoms with Crippen molar-refractivity contribution < 1.29 is 19.0 Å². The largest absolute Gasteiger partial charge is 0.444 e. The van der Waals surface area contributed by atoms with Crippen LogP contribution in [0.5, 0.6) is 0 Å². The van der Waals surface area contributed by atoms with Gasteiger partial charge >= 0.3 is 6.09 Å². The Hall–Kier alpha value is -0.810. The number of hydrogen-bond donors (Lipinski definition) is 1. The van der Waals surface area contributed by atoms with Gasteiger partial charge in [0.05, 0.1) is 0 Å². The highest BCUT2D eigenvalue weighted by molar-refractivity contribution is 5.67. The zero-order valence-electron chi connectivity index (χ0n) is 13.1. The number of hydrogen-bond acceptors (Lipinski definition) is 4. The van der Waals surface area contributed by atoms with E-state index < -0.39 is 5.60 Å². The fourth-order valence-corrected chi connectivity index (χ4v) is 1.81. The molecule has 0 spiro atoms. The Balaban J connectivity index is 4.16. The number of nitrogens with one attached hydrogen (secondary N) is 1. The maximum atomic E-state index is 11.6. The van der Waals surface area contributed by atoms with E-state index in [1.54, 1.807) is 14.2 Å². The molecule has 0 heterocycles. The van der Waals surface area contributed by atoms with Gasteiger partial charge in [0.15, 0.2) is 6.29 Å². The Bertz CT molecular complexity index is 246. The summed E-state index contributed by atoms with van der Waals surface area (Å²) in [6.45, 7) is 8.24. The number of carbonyl (C=O) groups is 1. The van der Waals surface area contributed by atoms with Crippen LogP contribution in [0.4, 0.5) is 4.79 Å². The van der Waals surface area contributed by atoms with Gasteiger partial charge in [-0.1, -0.05) is 13.3 Å². The van der Waals surface area contributed by atoms with Crippen molar-refractivity contribution in [3.63, 3.8) is 0 Å². The van der Waals surface area contributed by atoms with Crippen LogP contribution < -0.4 is 5.32 Å². The molecule has 0 aromatic rings. The van der Waals surface area contributed by atoms with Crippen LogP contribution in [0.3, 0.4) is 0 Å². The summed E-state index contributed by atoms with van der Waals surface area (Å²) in [5, 5.41) is 2.81. The molecule has 1 atom stereocenters. The van der Waals surface area contributed by atoms with Crippen LogP contribution in [0.25, 0.3) is 0 Å². The molecule has 0 bridgehead atoms. The fraction of sp³-hybridized carbons (Fsp3) is 0.929. The summed E-state index contributed by atoms with van der Waals surface area (Å²) >= 11 is 0. The lowest BCUT2D eigenvalue weighted by Gasteiger charge is -2.23. The lowest BCUT2D eigenvalue weighted by atomic mass is 9.99. The van der Waals surface area contributed by atoms with Crippen LogP contribution in [0.15, 0.2) is 0 Å². The Labute approximate surface area is 117 Å². The molecular formula is C14H29NO4. The first-order valence-electron chi connectivity index (χ1n) is 6.84. The second kappa shape index (κ2) is 9.15.